The van der Waals surface area contributed by atoms with Crippen LogP contribution in [0.3, 0.4) is 0 Å². The first-order chi connectivity index (χ1) is 6.29. The molecule has 0 spiro atoms. The van der Waals surface area contributed by atoms with Gasteiger partial charge < -0.3 is 9.84 Å². The molecule has 1 aromatic carbocycles. The van der Waals surface area contributed by atoms with E-state index in [9.17, 15) is 0 Å². The fourth-order valence-electron chi connectivity index (χ4n) is 1.27. The summed E-state index contributed by atoms with van der Waals surface area (Å²) in [4.78, 5) is 0. The average Bonchev–Trinajstić information content (AvgIpc) is 2.18. The molecule has 2 nitrogen and oxygen atoms in total. The lowest BCUT2D eigenvalue weighted by Crippen LogP contribution is -2.03. The maximum atomic E-state index is 9.03. The summed E-state index contributed by atoms with van der Waals surface area (Å²) in [7, 11) is 0. The van der Waals surface area contributed by atoms with Gasteiger partial charge in [0, 0.05) is 12.5 Å². The molecule has 0 saturated heterocycles. The fraction of sp³-hybridized carbons (Fsp3) is 0.455. The highest BCUT2D eigenvalue weighted by Crippen LogP contribution is 2.25. The minimum atomic E-state index is 0.141. The van der Waals surface area contributed by atoms with Crippen LogP contribution in [0.2, 0.25) is 0 Å². The summed E-state index contributed by atoms with van der Waals surface area (Å²) >= 11 is 0. The van der Waals surface area contributed by atoms with Crippen molar-refractivity contribution in [1.29, 1.82) is 0 Å². The van der Waals surface area contributed by atoms with Crippen LogP contribution in [0.4, 0.5) is 0 Å². The van der Waals surface area contributed by atoms with Gasteiger partial charge in [0.05, 0.1) is 6.61 Å². The van der Waals surface area contributed by atoms with Crippen LogP contribution in [-0.4, -0.2) is 18.3 Å². The van der Waals surface area contributed by atoms with Gasteiger partial charge in [0.15, 0.2) is 0 Å². The van der Waals surface area contributed by atoms with E-state index in [1.54, 1.807) is 0 Å². The van der Waals surface area contributed by atoms with Crippen LogP contribution in [0.15, 0.2) is 24.3 Å². The van der Waals surface area contributed by atoms with Crippen molar-refractivity contribution in [3.05, 3.63) is 29.8 Å². The molecule has 1 rings (SSSR count). The summed E-state index contributed by atoms with van der Waals surface area (Å²) in [6.07, 6.45) is 0. The van der Waals surface area contributed by atoms with Crippen LogP contribution in [0.1, 0.15) is 25.3 Å². The highest BCUT2D eigenvalue weighted by atomic mass is 16.5. The normalized spacial score (nSPS) is 12.5. The number of rotatable bonds is 4. The van der Waals surface area contributed by atoms with Crippen molar-refractivity contribution < 1.29 is 9.84 Å². The van der Waals surface area contributed by atoms with Gasteiger partial charge in [-0.2, -0.15) is 0 Å². The quantitative estimate of drug-likeness (QED) is 0.769. The summed E-state index contributed by atoms with van der Waals surface area (Å²) in [6, 6.07) is 7.83. The van der Waals surface area contributed by atoms with E-state index in [4.69, 9.17) is 9.84 Å². The van der Waals surface area contributed by atoms with Crippen molar-refractivity contribution in [2.45, 2.75) is 19.8 Å². The molecule has 1 atom stereocenters. The third kappa shape index (κ3) is 2.46. The summed E-state index contributed by atoms with van der Waals surface area (Å²) in [5.74, 6) is 1.02. The Morgan fingerprint density at radius 3 is 2.69 bits per heavy atom. The van der Waals surface area contributed by atoms with E-state index in [-0.39, 0.29) is 12.5 Å². The lowest BCUT2D eigenvalue weighted by molar-refractivity contribution is 0.266. The van der Waals surface area contributed by atoms with Crippen LogP contribution in [0, 0.1) is 0 Å². The maximum Gasteiger partial charge on any atom is 0.122 e. The molecule has 0 heterocycles. The summed E-state index contributed by atoms with van der Waals surface area (Å²) in [5, 5.41) is 9.03. The molecule has 0 aromatic heterocycles. The second-order valence-electron chi connectivity index (χ2n) is 3.05. The Labute approximate surface area is 79.2 Å². The van der Waals surface area contributed by atoms with Gasteiger partial charge in [-0.25, -0.2) is 0 Å². The smallest absolute Gasteiger partial charge is 0.122 e. The van der Waals surface area contributed by atoms with Gasteiger partial charge in [-0.05, 0) is 18.6 Å². The number of benzene rings is 1. The zero-order chi connectivity index (χ0) is 9.68. The van der Waals surface area contributed by atoms with Gasteiger partial charge in [-0.1, -0.05) is 25.1 Å². The number of hydrogen-bond donors (Lipinski definition) is 1. The SMILES string of the molecule is CCOc1ccccc1[C@@H](C)CO. The largest absolute Gasteiger partial charge is 0.494 e. The average molecular weight is 180 g/mol. The molecular weight excluding hydrogens is 164 g/mol. The second kappa shape index (κ2) is 4.87. The van der Waals surface area contributed by atoms with Crippen molar-refractivity contribution in [1.82, 2.24) is 0 Å². The number of aliphatic hydroxyl groups is 1. The molecule has 0 aliphatic heterocycles. The predicted octanol–water partition coefficient (Wildman–Crippen LogP) is 2.18. The third-order valence-corrected chi connectivity index (χ3v) is 2.02. The van der Waals surface area contributed by atoms with E-state index in [2.05, 4.69) is 0 Å². The Morgan fingerprint density at radius 1 is 1.38 bits per heavy atom. The molecule has 1 aromatic rings. The molecule has 0 fully saturated rings. The molecule has 72 valence electrons. The molecule has 0 unspecified atom stereocenters. The van der Waals surface area contributed by atoms with Crippen molar-refractivity contribution >= 4 is 0 Å². The number of para-hydroxylation sites is 1. The Bertz CT molecular complexity index is 258. The highest BCUT2D eigenvalue weighted by molar-refractivity contribution is 5.35. The van der Waals surface area contributed by atoms with E-state index in [0.717, 1.165) is 11.3 Å². The first kappa shape index (κ1) is 10.1. The molecular formula is C11H16O2. The van der Waals surface area contributed by atoms with Gasteiger partial charge in [0.2, 0.25) is 0 Å². The van der Waals surface area contributed by atoms with E-state index in [0.29, 0.717) is 6.61 Å². The third-order valence-electron chi connectivity index (χ3n) is 2.02. The van der Waals surface area contributed by atoms with E-state index in [1.165, 1.54) is 0 Å². The summed E-state index contributed by atoms with van der Waals surface area (Å²) in [6.45, 7) is 4.76. The van der Waals surface area contributed by atoms with Crippen LogP contribution in [0.25, 0.3) is 0 Å². The fourth-order valence-corrected chi connectivity index (χ4v) is 1.27. The van der Waals surface area contributed by atoms with Crippen molar-refractivity contribution in [2.75, 3.05) is 13.2 Å². The topological polar surface area (TPSA) is 29.5 Å². The van der Waals surface area contributed by atoms with Gasteiger partial charge in [-0.15, -0.1) is 0 Å². The van der Waals surface area contributed by atoms with Gasteiger partial charge in [0.25, 0.3) is 0 Å². The summed E-state index contributed by atoms with van der Waals surface area (Å²) < 4.78 is 5.45. The zero-order valence-electron chi connectivity index (χ0n) is 8.16. The maximum absolute atomic E-state index is 9.03. The molecule has 2 heteroatoms. The Balaban J connectivity index is 2.90. The van der Waals surface area contributed by atoms with Crippen molar-refractivity contribution in [3.63, 3.8) is 0 Å². The van der Waals surface area contributed by atoms with E-state index >= 15 is 0 Å². The van der Waals surface area contributed by atoms with Gasteiger partial charge in [0.1, 0.15) is 5.75 Å². The Morgan fingerprint density at radius 2 is 2.08 bits per heavy atom. The van der Waals surface area contributed by atoms with Crippen LogP contribution >= 0.6 is 0 Å². The van der Waals surface area contributed by atoms with Crippen LogP contribution < -0.4 is 4.74 Å². The molecule has 0 bridgehead atoms. The molecule has 0 aliphatic carbocycles. The monoisotopic (exact) mass is 180 g/mol. The minimum Gasteiger partial charge on any atom is -0.494 e. The molecule has 1 N–H and O–H groups in total. The minimum absolute atomic E-state index is 0.141. The van der Waals surface area contributed by atoms with E-state index < -0.39 is 0 Å². The van der Waals surface area contributed by atoms with Crippen LogP contribution in [-0.2, 0) is 0 Å². The number of ether oxygens (including phenoxy) is 1. The number of hydrogen-bond acceptors (Lipinski definition) is 2. The predicted molar refractivity (Wildman–Crippen MR) is 53.1 cm³/mol. The van der Waals surface area contributed by atoms with Gasteiger partial charge in [-0.3, -0.25) is 0 Å². The highest BCUT2D eigenvalue weighted by Gasteiger charge is 2.09. The second-order valence-corrected chi connectivity index (χ2v) is 3.05. The first-order valence-electron chi connectivity index (χ1n) is 4.62. The molecule has 13 heavy (non-hydrogen) atoms. The Hall–Kier alpha value is -1.02. The van der Waals surface area contributed by atoms with Crippen molar-refractivity contribution in [3.8, 4) is 5.75 Å². The van der Waals surface area contributed by atoms with E-state index in [1.807, 2.05) is 38.1 Å². The number of aliphatic hydroxyl groups excluding tert-OH is 1. The molecule has 0 amide bonds. The molecule has 0 aliphatic rings. The summed E-state index contributed by atoms with van der Waals surface area (Å²) in [5.41, 5.74) is 1.08. The zero-order valence-corrected chi connectivity index (χ0v) is 8.16. The molecule has 0 saturated carbocycles. The lowest BCUT2D eigenvalue weighted by Gasteiger charge is -2.13. The van der Waals surface area contributed by atoms with Crippen LogP contribution in [0.5, 0.6) is 5.75 Å². The standard InChI is InChI=1S/C11H16O2/c1-3-13-11-7-5-4-6-10(11)9(2)8-12/h4-7,9,12H,3,8H2,1-2H3/t9-/m0/s1. The van der Waals surface area contributed by atoms with Gasteiger partial charge >= 0.3 is 0 Å². The molecule has 0 radical (unpaired) electrons. The first-order valence-corrected chi connectivity index (χ1v) is 4.62. The lowest BCUT2D eigenvalue weighted by atomic mass is 10.0. The van der Waals surface area contributed by atoms with Crippen molar-refractivity contribution in [2.24, 2.45) is 0 Å². The Kier molecular flexibility index (Phi) is 3.77.